The molecule has 0 bridgehead atoms. The van der Waals surface area contributed by atoms with Gasteiger partial charge in [-0.25, -0.2) is 4.39 Å². The minimum Gasteiger partial charge on any atom is -0.477 e. The van der Waals surface area contributed by atoms with Gasteiger partial charge >= 0.3 is 0 Å². The topological polar surface area (TPSA) is 35.0 Å². The number of benzene rings is 1. The van der Waals surface area contributed by atoms with E-state index < -0.39 is 0 Å². The quantitative estimate of drug-likeness (QED) is 0.361. The second kappa shape index (κ2) is 12.0. The molecule has 0 spiro atoms. The molecule has 1 aliphatic carbocycles. The van der Waals surface area contributed by atoms with Crippen LogP contribution in [0.2, 0.25) is 0 Å². The monoisotopic (exact) mass is 412 g/mol. The number of rotatable bonds is 11. The van der Waals surface area contributed by atoms with Crippen LogP contribution in [0, 0.1) is 17.7 Å². The number of hydrogen-bond donors (Lipinski definition) is 0. The van der Waals surface area contributed by atoms with Gasteiger partial charge < -0.3 is 4.74 Å². The summed E-state index contributed by atoms with van der Waals surface area (Å²) in [5.74, 6) is 2.05. The van der Waals surface area contributed by atoms with E-state index in [9.17, 15) is 4.39 Å². The van der Waals surface area contributed by atoms with E-state index in [2.05, 4.69) is 17.1 Å². The molecule has 1 aromatic heterocycles. The standard InChI is InChI=1S/C26H37FN2O/c1-3-5-6-7-8-20-9-11-21(12-10-20)13-14-22-15-16-23(19-24(22)27)25-17-18-26(29-28-25)30-4-2/h15-21H,3-14H2,1-2H3. The smallest absolute Gasteiger partial charge is 0.233 e. The second-order valence-corrected chi connectivity index (χ2v) is 8.77. The molecular formula is C26H37FN2O. The first-order valence-corrected chi connectivity index (χ1v) is 11.9. The number of nitrogens with zero attached hydrogens (tertiary/aromatic N) is 2. The molecular weight excluding hydrogens is 375 g/mol. The van der Waals surface area contributed by atoms with Crippen molar-refractivity contribution in [3.63, 3.8) is 0 Å². The number of aryl methyl sites for hydroxylation is 1. The summed E-state index contributed by atoms with van der Waals surface area (Å²) >= 11 is 0. The zero-order valence-corrected chi connectivity index (χ0v) is 18.7. The molecule has 2 aromatic rings. The summed E-state index contributed by atoms with van der Waals surface area (Å²) in [6.45, 7) is 4.73. The van der Waals surface area contributed by atoms with Crippen LogP contribution < -0.4 is 4.74 Å². The number of aromatic nitrogens is 2. The number of halogens is 1. The summed E-state index contributed by atoms with van der Waals surface area (Å²) < 4.78 is 20.0. The maximum atomic E-state index is 14.7. The fourth-order valence-electron chi connectivity index (χ4n) is 4.64. The Balaban J connectivity index is 1.45. The lowest BCUT2D eigenvalue weighted by Gasteiger charge is -2.28. The Morgan fingerprint density at radius 3 is 2.30 bits per heavy atom. The molecule has 4 heteroatoms. The summed E-state index contributed by atoms with van der Waals surface area (Å²) in [5.41, 5.74) is 2.25. The van der Waals surface area contributed by atoms with Crippen LogP contribution in [-0.2, 0) is 6.42 Å². The van der Waals surface area contributed by atoms with Crippen molar-refractivity contribution >= 4 is 0 Å². The predicted molar refractivity (Wildman–Crippen MR) is 121 cm³/mol. The summed E-state index contributed by atoms with van der Waals surface area (Å²) in [5, 5.41) is 8.19. The van der Waals surface area contributed by atoms with Crippen molar-refractivity contribution < 1.29 is 9.13 Å². The fourth-order valence-corrected chi connectivity index (χ4v) is 4.64. The molecule has 1 fully saturated rings. The van der Waals surface area contributed by atoms with Gasteiger partial charge in [-0.3, -0.25) is 0 Å². The highest BCUT2D eigenvalue weighted by atomic mass is 19.1. The zero-order chi connectivity index (χ0) is 21.2. The van der Waals surface area contributed by atoms with Gasteiger partial charge in [0.2, 0.25) is 5.88 Å². The average molecular weight is 413 g/mol. The first-order chi connectivity index (χ1) is 14.7. The van der Waals surface area contributed by atoms with Crippen LogP contribution >= 0.6 is 0 Å². The molecule has 0 saturated heterocycles. The van der Waals surface area contributed by atoms with E-state index in [4.69, 9.17) is 4.74 Å². The van der Waals surface area contributed by atoms with Crippen LogP contribution in [0.1, 0.15) is 83.6 Å². The number of ether oxygens (including phenoxy) is 1. The largest absolute Gasteiger partial charge is 0.477 e. The van der Waals surface area contributed by atoms with Gasteiger partial charge in [0.15, 0.2) is 0 Å². The van der Waals surface area contributed by atoms with Gasteiger partial charge in [0.1, 0.15) is 5.82 Å². The van der Waals surface area contributed by atoms with E-state index in [0.29, 0.717) is 18.2 Å². The van der Waals surface area contributed by atoms with Crippen molar-refractivity contribution in [2.75, 3.05) is 6.61 Å². The average Bonchev–Trinajstić information content (AvgIpc) is 2.77. The molecule has 1 heterocycles. The molecule has 0 atom stereocenters. The van der Waals surface area contributed by atoms with E-state index in [1.165, 1.54) is 57.8 Å². The van der Waals surface area contributed by atoms with Crippen LogP contribution in [0.4, 0.5) is 4.39 Å². The van der Waals surface area contributed by atoms with Gasteiger partial charge in [0.25, 0.3) is 0 Å². The Kier molecular flexibility index (Phi) is 9.10. The van der Waals surface area contributed by atoms with E-state index in [1.807, 2.05) is 25.1 Å². The highest BCUT2D eigenvalue weighted by Crippen LogP contribution is 2.34. The Bertz CT molecular complexity index is 754. The van der Waals surface area contributed by atoms with Gasteiger partial charge in [0, 0.05) is 11.6 Å². The molecule has 1 aliphatic rings. The predicted octanol–water partition coefficient (Wildman–Crippen LogP) is 7.39. The van der Waals surface area contributed by atoms with Crippen LogP contribution in [0.25, 0.3) is 11.3 Å². The Morgan fingerprint density at radius 2 is 1.67 bits per heavy atom. The Hall–Kier alpha value is -1.97. The highest BCUT2D eigenvalue weighted by molar-refractivity contribution is 5.59. The maximum Gasteiger partial charge on any atom is 0.233 e. The third kappa shape index (κ3) is 6.78. The summed E-state index contributed by atoms with van der Waals surface area (Å²) in [4.78, 5) is 0. The second-order valence-electron chi connectivity index (χ2n) is 8.77. The fraction of sp³-hybridized carbons (Fsp3) is 0.615. The van der Waals surface area contributed by atoms with E-state index in [0.717, 1.165) is 35.8 Å². The van der Waals surface area contributed by atoms with Crippen molar-refractivity contribution in [3.05, 3.63) is 41.7 Å². The molecule has 0 N–H and O–H groups in total. The van der Waals surface area contributed by atoms with Crippen molar-refractivity contribution in [2.45, 2.75) is 84.5 Å². The van der Waals surface area contributed by atoms with Gasteiger partial charge in [-0.2, -0.15) is 0 Å². The van der Waals surface area contributed by atoms with Crippen molar-refractivity contribution in [1.29, 1.82) is 0 Å². The van der Waals surface area contributed by atoms with Crippen LogP contribution in [-0.4, -0.2) is 16.8 Å². The Labute approximate surface area is 181 Å². The Morgan fingerprint density at radius 1 is 0.900 bits per heavy atom. The molecule has 0 amide bonds. The van der Waals surface area contributed by atoms with Crippen LogP contribution in [0.3, 0.4) is 0 Å². The van der Waals surface area contributed by atoms with Gasteiger partial charge in [0.05, 0.1) is 12.3 Å². The first kappa shape index (κ1) is 22.7. The molecule has 0 aliphatic heterocycles. The molecule has 1 saturated carbocycles. The number of hydrogen-bond acceptors (Lipinski definition) is 3. The van der Waals surface area contributed by atoms with E-state index in [-0.39, 0.29) is 5.82 Å². The third-order valence-corrected chi connectivity index (χ3v) is 6.54. The van der Waals surface area contributed by atoms with Crippen molar-refractivity contribution in [1.82, 2.24) is 10.2 Å². The van der Waals surface area contributed by atoms with Crippen LogP contribution in [0.15, 0.2) is 30.3 Å². The minimum atomic E-state index is -0.132. The first-order valence-electron chi connectivity index (χ1n) is 11.9. The summed E-state index contributed by atoms with van der Waals surface area (Å²) in [7, 11) is 0. The lowest BCUT2D eigenvalue weighted by Crippen LogP contribution is -2.15. The SMILES string of the molecule is CCCCCCC1CCC(CCc2ccc(-c3ccc(OCC)nn3)cc2F)CC1. The molecule has 164 valence electrons. The number of unbranched alkanes of at least 4 members (excludes halogenated alkanes) is 3. The normalized spacial score (nSPS) is 19.0. The summed E-state index contributed by atoms with van der Waals surface area (Å²) in [6.07, 6.45) is 14.2. The highest BCUT2D eigenvalue weighted by Gasteiger charge is 2.21. The van der Waals surface area contributed by atoms with E-state index in [1.54, 1.807) is 12.1 Å². The lowest BCUT2D eigenvalue weighted by molar-refractivity contribution is 0.248. The zero-order valence-electron chi connectivity index (χ0n) is 18.7. The van der Waals surface area contributed by atoms with E-state index >= 15 is 0 Å². The molecule has 0 radical (unpaired) electrons. The molecule has 0 unspecified atom stereocenters. The molecule has 30 heavy (non-hydrogen) atoms. The van der Waals surface area contributed by atoms with Crippen LogP contribution in [0.5, 0.6) is 5.88 Å². The molecule has 3 rings (SSSR count). The molecule has 3 nitrogen and oxygen atoms in total. The lowest BCUT2D eigenvalue weighted by atomic mass is 9.77. The summed E-state index contributed by atoms with van der Waals surface area (Å²) in [6, 6.07) is 9.07. The maximum absolute atomic E-state index is 14.7. The third-order valence-electron chi connectivity index (χ3n) is 6.54. The van der Waals surface area contributed by atoms with Gasteiger partial charge in [-0.05, 0) is 49.3 Å². The molecule has 1 aromatic carbocycles. The van der Waals surface area contributed by atoms with Crippen molar-refractivity contribution in [2.24, 2.45) is 11.8 Å². The van der Waals surface area contributed by atoms with Gasteiger partial charge in [-0.1, -0.05) is 76.8 Å². The minimum absolute atomic E-state index is 0.132. The van der Waals surface area contributed by atoms with Crippen molar-refractivity contribution in [3.8, 4) is 17.1 Å². The van der Waals surface area contributed by atoms with Gasteiger partial charge in [-0.15, -0.1) is 10.2 Å².